The van der Waals surface area contributed by atoms with Gasteiger partial charge in [0.25, 0.3) is 0 Å². The van der Waals surface area contributed by atoms with Crippen molar-refractivity contribution in [2.24, 2.45) is 0 Å². The van der Waals surface area contributed by atoms with E-state index in [9.17, 15) is 4.79 Å². The van der Waals surface area contributed by atoms with Crippen molar-refractivity contribution < 1.29 is 24.1 Å². The number of carbonyl (C=O) groups excluding carboxylic acids is 1. The van der Waals surface area contributed by atoms with Crippen LogP contribution >= 0.6 is 23.2 Å². The van der Waals surface area contributed by atoms with E-state index in [0.29, 0.717) is 36.1 Å². The lowest BCUT2D eigenvalue weighted by atomic mass is 10.1. The Morgan fingerprint density at radius 2 is 1.78 bits per heavy atom. The van der Waals surface area contributed by atoms with Crippen molar-refractivity contribution in [2.75, 3.05) is 61.1 Å². The lowest BCUT2D eigenvalue weighted by molar-refractivity contribution is -0.164. The van der Waals surface area contributed by atoms with Crippen molar-refractivity contribution in [3.63, 3.8) is 0 Å². The number of nitrogens with one attached hydrogen (secondary N) is 1. The average molecular weight is 601 g/mol. The summed E-state index contributed by atoms with van der Waals surface area (Å²) in [7, 11) is 0. The molecule has 0 bridgehead atoms. The van der Waals surface area contributed by atoms with E-state index in [2.05, 4.69) is 27.2 Å². The van der Waals surface area contributed by atoms with Crippen molar-refractivity contribution in [2.45, 2.75) is 31.7 Å². The number of ether oxygens (including phenoxy) is 3. The predicted octanol–water partition coefficient (Wildman–Crippen LogP) is 5.70. The van der Waals surface area contributed by atoms with Crippen LogP contribution in [0.2, 0.25) is 10.0 Å². The largest absolute Gasteiger partial charge is 0.491 e. The standard InChI is InChI=1S/C31H35Cl2N3O5/c1-31(26-13-8-22(32)19-27(26)33)40-21-25(41-31)20-39-24-11-9-23(10-12-24)35-14-16-36(17-15-35)29-6-3-2-5-28(29)34-30(38)7-4-18-37/h2-3,5-6,8-13,19,25,37H,4,7,14-18,20-21H2,1H3,(H,34,38)/t25-,31+/m1/s1. The number of piperazine rings is 1. The first-order valence-corrected chi connectivity index (χ1v) is 14.6. The van der Waals surface area contributed by atoms with E-state index in [0.717, 1.165) is 54.6 Å². The summed E-state index contributed by atoms with van der Waals surface area (Å²) >= 11 is 12.4. The van der Waals surface area contributed by atoms with Gasteiger partial charge in [-0.25, -0.2) is 0 Å². The molecule has 2 atom stereocenters. The van der Waals surface area contributed by atoms with E-state index in [1.54, 1.807) is 12.1 Å². The van der Waals surface area contributed by atoms with Gasteiger partial charge >= 0.3 is 0 Å². The maximum absolute atomic E-state index is 12.2. The monoisotopic (exact) mass is 599 g/mol. The van der Waals surface area contributed by atoms with Gasteiger partial charge < -0.3 is 34.4 Å². The Morgan fingerprint density at radius 1 is 1.05 bits per heavy atom. The molecule has 0 saturated carbocycles. The molecule has 2 N–H and O–H groups in total. The molecule has 5 rings (SSSR count). The Balaban J connectivity index is 1.11. The van der Waals surface area contributed by atoms with E-state index in [1.807, 2.05) is 49.4 Å². The van der Waals surface area contributed by atoms with Gasteiger partial charge in [-0.3, -0.25) is 4.79 Å². The molecule has 2 fully saturated rings. The molecule has 0 unspecified atom stereocenters. The van der Waals surface area contributed by atoms with E-state index in [4.69, 9.17) is 42.5 Å². The third-order valence-corrected chi connectivity index (χ3v) is 7.90. The highest BCUT2D eigenvalue weighted by Gasteiger charge is 2.40. The van der Waals surface area contributed by atoms with Crippen LogP contribution in [0.5, 0.6) is 5.75 Å². The number of anilines is 3. The van der Waals surface area contributed by atoms with Crippen LogP contribution in [-0.2, 0) is 20.1 Å². The second-order valence-electron chi connectivity index (χ2n) is 10.3. The summed E-state index contributed by atoms with van der Waals surface area (Å²) in [5, 5.41) is 13.1. The summed E-state index contributed by atoms with van der Waals surface area (Å²) < 4.78 is 18.1. The van der Waals surface area contributed by atoms with Crippen LogP contribution in [0.4, 0.5) is 17.1 Å². The highest BCUT2D eigenvalue weighted by atomic mass is 35.5. The lowest BCUT2D eigenvalue weighted by Gasteiger charge is -2.38. The average Bonchev–Trinajstić information content (AvgIpc) is 3.37. The molecular formula is C31H35Cl2N3O5. The van der Waals surface area contributed by atoms with Gasteiger partial charge in [-0.1, -0.05) is 41.4 Å². The van der Waals surface area contributed by atoms with Crippen LogP contribution in [-0.4, -0.2) is 63.1 Å². The molecular weight excluding hydrogens is 565 g/mol. The number of hydrogen-bond acceptors (Lipinski definition) is 7. The van der Waals surface area contributed by atoms with E-state index < -0.39 is 5.79 Å². The van der Waals surface area contributed by atoms with Crippen LogP contribution in [0.1, 0.15) is 25.3 Å². The number of aliphatic hydroxyl groups is 1. The molecule has 8 nitrogen and oxygen atoms in total. The first kappa shape index (κ1) is 29.5. The number of amides is 1. The Hall–Kier alpha value is -3.01. The number of benzene rings is 3. The first-order chi connectivity index (χ1) is 19.8. The number of nitrogens with zero attached hydrogens (tertiary/aromatic N) is 2. The summed E-state index contributed by atoms with van der Waals surface area (Å²) in [5.41, 5.74) is 3.69. The zero-order valence-corrected chi connectivity index (χ0v) is 24.5. The number of hydrogen-bond donors (Lipinski definition) is 2. The number of aliphatic hydroxyl groups excluding tert-OH is 1. The maximum Gasteiger partial charge on any atom is 0.224 e. The van der Waals surface area contributed by atoms with Crippen molar-refractivity contribution in [3.05, 3.63) is 82.3 Å². The molecule has 218 valence electrons. The third-order valence-electron chi connectivity index (χ3n) is 7.35. The highest BCUT2D eigenvalue weighted by molar-refractivity contribution is 6.35. The topological polar surface area (TPSA) is 83.5 Å². The second kappa shape index (κ2) is 13.3. The smallest absolute Gasteiger partial charge is 0.224 e. The number of carbonyl (C=O) groups is 1. The minimum atomic E-state index is -0.951. The van der Waals surface area contributed by atoms with Crippen molar-refractivity contribution in [1.29, 1.82) is 0 Å². The second-order valence-corrected chi connectivity index (χ2v) is 11.1. The lowest BCUT2D eigenvalue weighted by Crippen LogP contribution is -2.46. The van der Waals surface area contributed by atoms with Crippen LogP contribution in [0, 0.1) is 0 Å². The molecule has 1 amide bonds. The Bertz CT molecular complexity index is 1330. The summed E-state index contributed by atoms with van der Waals surface area (Å²) in [4.78, 5) is 16.9. The molecule has 2 heterocycles. The molecule has 3 aromatic rings. The van der Waals surface area contributed by atoms with Crippen LogP contribution in [0.15, 0.2) is 66.7 Å². The Kier molecular flexibility index (Phi) is 9.57. The van der Waals surface area contributed by atoms with Crippen molar-refractivity contribution in [1.82, 2.24) is 0 Å². The molecule has 0 aromatic heterocycles. The number of para-hydroxylation sites is 2. The molecule has 2 saturated heterocycles. The minimum absolute atomic E-state index is 0.00829. The van der Waals surface area contributed by atoms with Gasteiger partial charge in [-0.05, 0) is 61.9 Å². The zero-order valence-electron chi connectivity index (χ0n) is 23.0. The van der Waals surface area contributed by atoms with E-state index in [1.165, 1.54) is 0 Å². The summed E-state index contributed by atoms with van der Waals surface area (Å²) in [6.07, 6.45) is 0.525. The number of halogens is 2. The van der Waals surface area contributed by atoms with Crippen molar-refractivity contribution >= 4 is 46.2 Å². The van der Waals surface area contributed by atoms with E-state index in [-0.39, 0.29) is 18.6 Å². The van der Waals surface area contributed by atoms with Gasteiger partial charge in [0.1, 0.15) is 18.5 Å². The predicted molar refractivity (Wildman–Crippen MR) is 162 cm³/mol. The normalized spacial score (nSPS) is 20.7. The highest BCUT2D eigenvalue weighted by Crippen LogP contribution is 2.39. The molecule has 0 spiro atoms. The SMILES string of the molecule is C[C@]1(c2ccc(Cl)cc2Cl)OC[C@@H](COc2ccc(N3CCN(c4ccccc4NC(=O)CCCO)CC3)cc2)O1. The van der Waals surface area contributed by atoms with Crippen LogP contribution in [0.25, 0.3) is 0 Å². The summed E-state index contributed by atoms with van der Waals surface area (Å²) in [6.45, 7) is 5.98. The Morgan fingerprint density at radius 3 is 2.51 bits per heavy atom. The molecule has 2 aliphatic heterocycles. The fourth-order valence-corrected chi connectivity index (χ4v) is 5.75. The van der Waals surface area contributed by atoms with Gasteiger partial charge in [0.15, 0.2) is 5.79 Å². The third kappa shape index (κ3) is 7.26. The van der Waals surface area contributed by atoms with Gasteiger partial charge in [0.2, 0.25) is 5.91 Å². The van der Waals surface area contributed by atoms with E-state index >= 15 is 0 Å². The molecule has 3 aromatic carbocycles. The molecule has 0 aliphatic carbocycles. The Labute approximate surface area is 250 Å². The quantitative estimate of drug-likeness (QED) is 0.309. The fraction of sp³-hybridized carbons (Fsp3) is 0.387. The molecule has 2 aliphatic rings. The van der Waals surface area contributed by atoms with Crippen molar-refractivity contribution in [3.8, 4) is 5.75 Å². The molecule has 0 radical (unpaired) electrons. The fourth-order valence-electron chi connectivity index (χ4n) is 5.17. The zero-order chi connectivity index (χ0) is 28.8. The maximum atomic E-state index is 12.2. The summed E-state index contributed by atoms with van der Waals surface area (Å²) in [6, 6.07) is 21.2. The molecule has 10 heteroatoms. The molecule has 41 heavy (non-hydrogen) atoms. The minimum Gasteiger partial charge on any atom is -0.491 e. The number of rotatable bonds is 10. The van der Waals surface area contributed by atoms with Crippen LogP contribution < -0.4 is 19.9 Å². The van der Waals surface area contributed by atoms with Gasteiger partial charge in [-0.2, -0.15) is 0 Å². The van der Waals surface area contributed by atoms with Gasteiger partial charge in [0.05, 0.1) is 23.0 Å². The first-order valence-electron chi connectivity index (χ1n) is 13.8. The van der Waals surface area contributed by atoms with Gasteiger partial charge in [-0.15, -0.1) is 0 Å². The van der Waals surface area contributed by atoms with Crippen LogP contribution in [0.3, 0.4) is 0 Å². The van der Waals surface area contributed by atoms with Gasteiger partial charge in [0, 0.05) is 55.5 Å². The summed E-state index contributed by atoms with van der Waals surface area (Å²) in [5.74, 6) is -0.271.